The molecule has 0 fully saturated rings. The van der Waals surface area contributed by atoms with Gasteiger partial charge >= 0.3 is 0 Å². The van der Waals surface area contributed by atoms with Crippen LogP contribution in [-0.2, 0) is 0 Å². The molecule has 0 saturated heterocycles. The molecule has 1 aromatic heterocycles. The van der Waals surface area contributed by atoms with Gasteiger partial charge in [0.2, 0.25) is 0 Å². The maximum Gasteiger partial charge on any atom is 0.263 e. The summed E-state index contributed by atoms with van der Waals surface area (Å²) in [6.07, 6.45) is 3.15. The minimum absolute atomic E-state index is 0. The van der Waals surface area contributed by atoms with Gasteiger partial charge in [-0.25, -0.2) is 4.98 Å². The number of nitrogens with zero attached hydrogens (tertiary/aromatic N) is 1. The van der Waals surface area contributed by atoms with Crippen molar-refractivity contribution in [1.29, 1.82) is 0 Å². The van der Waals surface area contributed by atoms with Gasteiger partial charge in [0.05, 0.1) is 10.7 Å². The molecule has 2 heterocycles. The minimum Gasteiger partial charge on any atom is -0.348 e. The predicted molar refractivity (Wildman–Crippen MR) is 105 cm³/mol. The Hall–Kier alpha value is -1.40. The van der Waals surface area contributed by atoms with Crippen molar-refractivity contribution in [2.24, 2.45) is 0 Å². The van der Waals surface area contributed by atoms with Gasteiger partial charge in [-0.15, -0.1) is 36.2 Å². The zero-order valence-electron chi connectivity index (χ0n) is 13.4. The Morgan fingerprint density at radius 1 is 1.29 bits per heavy atom. The number of thiazole rings is 1. The Bertz CT molecular complexity index is 701. The lowest BCUT2D eigenvalue weighted by atomic mass is 10.1. The summed E-state index contributed by atoms with van der Waals surface area (Å²) in [5, 5.41) is 7.21. The van der Waals surface area contributed by atoms with Crippen LogP contribution in [0.25, 0.3) is 11.3 Å². The third-order valence-corrected chi connectivity index (χ3v) is 4.59. The summed E-state index contributed by atoms with van der Waals surface area (Å²) in [6, 6.07) is 9.87. The van der Waals surface area contributed by atoms with E-state index < -0.39 is 0 Å². The molecule has 1 aromatic carbocycles. The number of hydrogen-bond acceptors (Lipinski definition) is 4. The molecule has 2 aromatic rings. The first-order valence-electron chi connectivity index (χ1n) is 7.43. The van der Waals surface area contributed by atoms with Gasteiger partial charge in [-0.1, -0.05) is 42.0 Å². The molecular formula is C17H21Cl2N3OS. The van der Waals surface area contributed by atoms with Crippen molar-refractivity contribution in [2.45, 2.75) is 13.3 Å². The lowest BCUT2D eigenvalue weighted by molar-refractivity contribution is 0.0961. The van der Waals surface area contributed by atoms with Crippen molar-refractivity contribution >= 4 is 42.1 Å². The van der Waals surface area contributed by atoms with Crippen LogP contribution in [0, 0.1) is 6.92 Å². The van der Waals surface area contributed by atoms with Crippen molar-refractivity contribution in [2.75, 3.05) is 19.6 Å². The van der Waals surface area contributed by atoms with E-state index in [1.54, 1.807) is 0 Å². The van der Waals surface area contributed by atoms with E-state index in [9.17, 15) is 4.79 Å². The van der Waals surface area contributed by atoms with Gasteiger partial charge in [0.15, 0.2) is 0 Å². The molecule has 24 heavy (non-hydrogen) atoms. The number of halogens is 2. The molecule has 1 aliphatic heterocycles. The monoisotopic (exact) mass is 385 g/mol. The SMILES string of the molecule is Cc1nc(-c2ccccc2)c(C(=O)NCC2=CCNCC2)s1.Cl.Cl. The fourth-order valence-electron chi connectivity index (χ4n) is 2.48. The van der Waals surface area contributed by atoms with E-state index >= 15 is 0 Å². The molecule has 0 unspecified atom stereocenters. The third kappa shape index (κ3) is 5.05. The van der Waals surface area contributed by atoms with Crippen LogP contribution in [0.1, 0.15) is 21.1 Å². The van der Waals surface area contributed by atoms with E-state index in [4.69, 9.17) is 0 Å². The molecule has 0 aliphatic carbocycles. The molecule has 7 heteroatoms. The van der Waals surface area contributed by atoms with Gasteiger partial charge in [0.25, 0.3) is 5.91 Å². The molecule has 1 amide bonds. The Kier molecular flexibility index (Phi) is 8.42. The molecule has 0 saturated carbocycles. The maximum absolute atomic E-state index is 12.5. The minimum atomic E-state index is -0.0381. The average molecular weight is 386 g/mol. The highest BCUT2D eigenvalue weighted by atomic mass is 35.5. The molecule has 0 bridgehead atoms. The first-order valence-corrected chi connectivity index (χ1v) is 8.25. The van der Waals surface area contributed by atoms with Crippen LogP contribution in [0.5, 0.6) is 0 Å². The second-order valence-corrected chi connectivity index (χ2v) is 6.48. The summed E-state index contributed by atoms with van der Waals surface area (Å²) >= 11 is 1.45. The molecule has 0 atom stereocenters. The van der Waals surface area contributed by atoms with Gasteiger partial charge in [0.1, 0.15) is 4.88 Å². The average Bonchev–Trinajstić information content (AvgIpc) is 2.96. The summed E-state index contributed by atoms with van der Waals surface area (Å²) in [7, 11) is 0. The number of carbonyl (C=O) groups excluding carboxylic acids is 1. The lowest BCUT2D eigenvalue weighted by Crippen LogP contribution is -2.29. The lowest BCUT2D eigenvalue weighted by Gasteiger charge is -2.14. The fraction of sp³-hybridized carbons (Fsp3) is 0.294. The van der Waals surface area contributed by atoms with Crippen LogP contribution in [0.15, 0.2) is 42.0 Å². The van der Waals surface area contributed by atoms with Crippen LogP contribution in [0.2, 0.25) is 0 Å². The van der Waals surface area contributed by atoms with Crippen molar-refractivity contribution in [3.05, 3.63) is 51.9 Å². The Morgan fingerprint density at radius 3 is 2.71 bits per heavy atom. The molecule has 0 spiro atoms. The number of benzene rings is 1. The first kappa shape index (κ1) is 20.6. The van der Waals surface area contributed by atoms with Crippen molar-refractivity contribution in [1.82, 2.24) is 15.6 Å². The van der Waals surface area contributed by atoms with Gasteiger partial charge in [-0.05, 0) is 19.9 Å². The van der Waals surface area contributed by atoms with Crippen LogP contribution < -0.4 is 10.6 Å². The molecule has 1 aliphatic rings. The maximum atomic E-state index is 12.5. The highest BCUT2D eigenvalue weighted by Crippen LogP contribution is 2.27. The van der Waals surface area contributed by atoms with E-state index in [-0.39, 0.29) is 30.7 Å². The number of aryl methyl sites for hydroxylation is 1. The molecule has 2 N–H and O–H groups in total. The summed E-state index contributed by atoms with van der Waals surface area (Å²) in [4.78, 5) is 17.7. The zero-order chi connectivity index (χ0) is 15.4. The summed E-state index contributed by atoms with van der Waals surface area (Å²) in [5.41, 5.74) is 3.05. The topological polar surface area (TPSA) is 54.0 Å². The van der Waals surface area contributed by atoms with Gasteiger partial charge in [-0.3, -0.25) is 4.79 Å². The van der Waals surface area contributed by atoms with E-state index in [0.29, 0.717) is 11.4 Å². The van der Waals surface area contributed by atoms with E-state index in [2.05, 4.69) is 21.7 Å². The number of amides is 1. The summed E-state index contributed by atoms with van der Waals surface area (Å²) in [6.45, 7) is 4.42. The van der Waals surface area contributed by atoms with Gasteiger partial charge < -0.3 is 10.6 Å². The highest BCUT2D eigenvalue weighted by molar-refractivity contribution is 7.14. The van der Waals surface area contributed by atoms with Crippen molar-refractivity contribution < 1.29 is 4.79 Å². The molecule has 0 radical (unpaired) electrons. The number of nitrogens with one attached hydrogen (secondary N) is 2. The number of carbonyl (C=O) groups is 1. The van der Waals surface area contributed by atoms with Crippen LogP contribution in [0.4, 0.5) is 0 Å². The first-order chi connectivity index (χ1) is 10.7. The molecule has 130 valence electrons. The van der Waals surface area contributed by atoms with Gasteiger partial charge in [-0.2, -0.15) is 0 Å². The normalized spacial score (nSPS) is 13.3. The Morgan fingerprint density at radius 2 is 2.04 bits per heavy atom. The Labute approximate surface area is 158 Å². The van der Waals surface area contributed by atoms with Crippen LogP contribution in [0.3, 0.4) is 0 Å². The molecular weight excluding hydrogens is 365 g/mol. The largest absolute Gasteiger partial charge is 0.348 e. The smallest absolute Gasteiger partial charge is 0.263 e. The van der Waals surface area contributed by atoms with Crippen molar-refractivity contribution in [3.8, 4) is 11.3 Å². The molecule has 4 nitrogen and oxygen atoms in total. The summed E-state index contributed by atoms with van der Waals surface area (Å²) < 4.78 is 0. The highest BCUT2D eigenvalue weighted by Gasteiger charge is 2.18. The zero-order valence-corrected chi connectivity index (χ0v) is 15.8. The van der Waals surface area contributed by atoms with E-state index in [1.165, 1.54) is 16.9 Å². The predicted octanol–water partition coefficient (Wildman–Crippen LogP) is 3.61. The summed E-state index contributed by atoms with van der Waals surface area (Å²) in [5.74, 6) is -0.0381. The van der Waals surface area contributed by atoms with Gasteiger partial charge in [0, 0.05) is 18.7 Å². The second-order valence-electron chi connectivity index (χ2n) is 5.28. The number of aromatic nitrogens is 1. The van der Waals surface area contributed by atoms with E-state index in [1.807, 2.05) is 37.3 Å². The van der Waals surface area contributed by atoms with E-state index in [0.717, 1.165) is 35.8 Å². The number of rotatable bonds is 4. The number of hydrogen-bond donors (Lipinski definition) is 2. The standard InChI is InChI=1S/C17H19N3OS.2ClH/c1-12-20-15(14-5-3-2-4-6-14)16(22-12)17(21)19-11-13-7-9-18-10-8-13;;/h2-7,18H,8-11H2,1H3,(H,19,21);2*1H. The molecule has 3 rings (SSSR count). The third-order valence-electron chi connectivity index (χ3n) is 3.62. The second kappa shape index (κ2) is 9.79. The van der Waals surface area contributed by atoms with Crippen molar-refractivity contribution in [3.63, 3.8) is 0 Å². The Balaban J connectivity index is 0.00000144. The quantitative estimate of drug-likeness (QED) is 0.790. The van der Waals surface area contributed by atoms with Crippen LogP contribution >= 0.6 is 36.2 Å². The van der Waals surface area contributed by atoms with Crippen LogP contribution in [-0.4, -0.2) is 30.5 Å². The fourth-order valence-corrected chi connectivity index (χ4v) is 3.33.